The number of amides is 2. The minimum atomic E-state index is -0.482. The lowest BCUT2D eigenvalue weighted by Crippen LogP contribution is -2.60. The number of carbonyl (C=O) groups excluding carboxylic acids is 2. The zero-order valence-corrected chi connectivity index (χ0v) is 11.7. The molecule has 0 spiro atoms. The summed E-state index contributed by atoms with van der Waals surface area (Å²) in [6.07, 6.45) is 0.797. The Morgan fingerprint density at radius 1 is 1.45 bits per heavy atom. The average molecular weight is 278 g/mol. The molecule has 5 heteroatoms. The Bertz CT molecular complexity index is 518. The molecule has 108 valence electrons. The van der Waals surface area contributed by atoms with Gasteiger partial charge in [0.05, 0.1) is 6.54 Å². The third kappa shape index (κ3) is 2.98. The molecule has 1 heterocycles. The fourth-order valence-electron chi connectivity index (χ4n) is 2.47. The second-order valence-electron chi connectivity index (χ2n) is 5.20. The molecule has 2 amide bonds. The fraction of sp³-hybridized carbons (Fsp3) is 0.467. The lowest BCUT2D eigenvalue weighted by atomic mass is 9.94. The van der Waals surface area contributed by atoms with Gasteiger partial charge in [-0.2, -0.15) is 0 Å². The maximum atomic E-state index is 13.2. The van der Waals surface area contributed by atoms with E-state index in [0.29, 0.717) is 5.56 Å². The number of hydrogen-bond donors (Lipinski definition) is 1. The van der Waals surface area contributed by atoms with Gasteiger partial charge in [-0.05, 0) is 23.6 Å². The topological polar surface area (TPSA) is 49.4 Å². The van der Waals surface area contributed by atoms with E-state index in [-0.39, 0.29) is 36.6 Å². The van der Waals surface area contributed by atoms with Gasteiger partial charge in [0.2, 0.25) is 11.8 Å². The molecular formula is C15H19FN2O2. The summed E-state index contributed by atoms with van der Waals surface area (Å²) in [5.41, 5.74) is 0.696. The SMILES string of the molecule is CCC(C)C1C(=O)NCC(=O)N1Cc1cccc(F)c1. The third-order valence-electron chi connectivity index (χ3n) is 3.76. The number of piperazine rings is 1. The summed E-state index contributed by atoms with van der Waals surface area (Å²) in [5, 5.41) is 2.62. The zero-order valence-electron chi connectivity index (χ0n) is 11.7. The van der Waals surface area contributed by atoms with E-state index < -0.39 is 6.04 Å². The van der Waals surface area contributed by atoms with E-state index in [1.807, 2.05) is 13.8 Å². The van der Waals surface area contributed by atoms with Gasteiger partial charge in [0.1, 0.15) is 11.9 Å². The monoisotopic (exact) mass is 278 g/mol. The molecule has 20 heavy (non-hydrogen) atoms. The van der Waals surface area contributed by atoms with Crippen LogP contribution in [0.2, 0.25) is 0 Å². The molecule has 1 aliphatic rings. The van der Waals surface area contributed by atoms with Gasteiger partial charge in [0.25, 0.3) is 0 Å². The quantitative estimate of drug-likeness (QED) is 0.911. The van der Waals surface area contributed by atoms with Crippen LogP contribution in [0.15, 0.2) is 24.3 Å². The molecule has 1 fully saturated rings. The summed E-state index contributed by atoms with van der Waals surface area (Å²) in [7, 11) is 0. The van der Waals surface area contributed by atoms with Crippen LogP contribution in [0.4, 0.5) is 4.39 Å². The van der Waals surface area contributed by atoms with Gasteiger partial charge in [-0.25, -0.2) is 4.39 Å². The summed E-state index contributed by atoms with van der Waals surface area (Å²) < 4.78 is 13.2. The molecule has 1 aromatic carbocycles. The Morgan fingerprint density at radius 3 is 2.85 bits per heavy atom. The van der Waals surface area contributed by atoms with Crippen molar-refractivity contribution in [2.75, 3.05) is 6.54 Å². The van der Waals surface area contributed by atoms with Crippen molar-refractivity contribution >= 4 is 11.8 Å². The maximum absolute atomic E-state index is 13.2. The highest BCUT2D eigenvalue weighted by atomic mass is 19.1. The molecular weight excluding hydrogens is 259 g/mol. The van der Waals surface area contributed by atoms with Crippen molar-refractivity contribution in [3.63, 3.8) is 0 Å². The van der Waals surface area contributed by atoms with Gasteiger partial charge in [-0.15, -0.1) is 0 Å². The van der Waals surface area contributed by atoms with Crippen molar-refractivity contribution < 1.29 is 14.0 Å². The zero-order chi connectivity index (χ0) is 14.7. The predicted molar refractivity (Wildman–Crippen MR) is 73.2 cm³/mol. The van der Waals surface area contributed by atoms with Crippen LogP contribution in [0, 0.1) is 11.7 Å². The van der Waals surface area contributed by atoms with Crippen molar-refractivity contribution in [3.8, 4) is 0 Å². The van der Waals surface area contributed by atoms with Crippen molar-refractivity contribution in [1.82, 2.24) is 10.2 Å². The Kier molecular flexibility index (Phi) is 4.37. The van der Waals surface area contributed by atoms with Crippen LogP contribution >= 0.6 is 0 Å². The molecule has 1 saturated heterocycles. The van der Waals surface area contributed by atoms with Gasteiger partial charge in [-0.1, -0.05) is 32.4 Å². The van der Waals surface area contributed by atoms with Gasteiger partial charge in [-0.3, -0.25) is 9.59 Å². The van der Waals surface area contributed by atoms with E-state index in [9.17, 15) is 14.0 Å². The highest BCUT2D eigenvalue weighted by Crippen LogP contribution is 2.20. The van der Waals surface area contributed by atoms with Crippen LogP contribution in [0.25, 0.3) is 0 Å². The first-order valence-electron chi connectivity index (χ1n) is 6.84. The number of carbonyl (C=O) groups is 2. The largest absolute Gasteiger partial charge is 0.345 e. The van der Waals surface area contributed by atoms with Crippen molar-refractivity contribution in [2.45, 2.75) is 32.9 Å². The van der Waals surface area contributed by atoms with Gasteiger partial charge < -0.3 is 10.2 Å². The first-order chi connectivity index (χ1) is 9.52. The van der Waals surface area contributed by atoms with E-state index in [4.69, 9.17) is 0 Å². The number of halogens is 1. The van der Waals surface area contributed by atoms with Crippen LogP contribution in [0.1, 0.15) is 25.8 Å². The molecule has 0 radical (unpaired) electrons. The molecule has 0 saturated carbocycles. The van der Waals surface area contributed by atoms with E-state index in [2.05, 4.69) is 5.32 Å². The van der Waals surface area contributed by atoms with Crippen molar-refractivity contribution in [3.05, 3.63) is 35.6 Å². The van der Waals surface area contributed by atoms with Crippen LogP contribution in [-0.2, 0) is 16.1 Å². The van der Waals surface area contributed by atoms with E-state index >= 15 is 0 Å². The predicted octanol–water partition coefficient (Wildman–Crippen LogP) is 1.70. The standard InChI is InChI=1S/C15H19FN2O2/c1-3-10(2)14-15(20)17-8-13(19)18(14)9-11-5-4-6-12(16)7-11/h4-7,10,14H,3,8-9H2,1-2H3,(H,17,20). The molecule has 2 unspecified atom stereocenters. The normalized spacial score (nSPS) is 20.8. The minimum Gasteiger partial charge on any atom is -0.345 e. The number of rotatable bonds is 4. The van der Waals surface area contributed by atoms with Crippen molar-refractivity contribution in [2.24, 2.45) is 5.92 Å². The van der Waals surface area contributed by atoms with E-state index in [1.165, 1.54) is 12.1 Å². The van der Waals surface area contributed by atoms with Crippen LogP contribution in [-0.4, -0.2) is 29.3 Å². The van der Waals surface area contributed by atoms with E-state index in [1.54, 1.807) is 17.0 Å². The Morgan fingerprint density at radius 2 is 2.20 bits per heavy atom. The Labute approximate surface area is 118 Å². The van der Waals surface area contributed by atoms with Crippen LogP contribution in [0.5, 0.6) is 0 Å². The van der Waals surface area contributed by atoms with Gasteiger partial charge in [0.15, 0.2) is 0 Å². The number of nitrogens with zero attached hydrogens (tertiary/aromatic N) is 1. The minimum absolute atomic E-state index is 0.0150. The molecule has 4 nitrogen and oxygen atoms in total. The first kappa shape index (κ1) is 14.5. The second kappa shape index (κ2) is 6.03. The Balaban J connectivity index is 2.24. The molecule has 2 atom stereocenters. The van der Waals surface area contributed by atoms with Gasteiger partial charge in [0, 0.05) is 6.54 Å². The fourth-order valence-corrected chi connectivity index (χ4v) is 2.47. The lowest BCUT2D eigenvalue weighted by molar-refractivity contribution is -0.148. The maximum Gasteiger partial charge on any atom is 0.243 e. The highest BCUT2D eigenvalue weighted by molar-refractivity contribution is 5.94. The molecule has 1 aromatic rings. The molecule has 1 aliphatic heterocycles. The number of hydrogen-bond acceptors (Lipinski definition) is 2. The van der Waals surface area contributed by atoms with Crippen LogP contribution in [0.3, 0.4) is 0 Å². The average Bonchev–Trinajstić information content (AvgIpc) is 2.42. The molecule has 0 aliphatic carbocycles. The van der Waals surface area contributed by atoms with Crippen molar-refractivity contribution in [1.29, 1.82) is 0 Å². The summed E-state index contributed by atoms with van der Waals surface area (Å²) in [5.74, 6) is -0.529. The summed E-state index contributed by atoms with van der Waals surface area (Å²) in [6, 6.07) is 5.64. The van der Waals surface area contributed by atoms with E-state index in [0.717, 1.165) is 6.42 Å². The smallest absolute Gasteiger partial charge is 0.243 e. The molecule has 0 bridgehead atoms. The molecule has 1 N–H and O–H groups in total. The summed E-state index contributed by atoms with van der Waals surface area (Å²) in [4.78, 5) is 25.7. The third-order valence-corrected chi connectivity index (χ3v) is 3.76. The molecule has 0 aromatic heterocycles. The molecule has 2 rings (SSSR count). The summed E-state index contributed by atoms with van der Waals surface area (Å²) in [6.45, 7) is 4.21. The van der Waals surface area contributed by atoms with Crippen LogP contribution < -0.4 is 5.32 Å². The van der Waals surface area contributed by atoms with Gasteiger partial charge >= 0.3 is 0 Å². The lowest BCUT2D eigenvalue weighted by Gasteiger charge is -2.38. The highest BCUT2D eigenvalue weighted by Gasteiger charge is 2.37. The first-order valence-corrected chi connectivity index (χ1v) is 6.84. The summed E-state index contributed by atoms with van der Waals surface area (Å²) >= 11 is 0. The number of benzene rings is 1. The number of nitrogens with one attached hydrogen (secondary N) is 1. The second-order valence-corrected chi connectivity index (χ2v) is 5.20. The Hall–Kier alpha value is -1.91.